The summed E-state index contributed by atoms with van der Waals surface area (Å²) < 4.78 is 5.21. The third-order valence-corrected chi connectivity index (χ3v) is 3.16. The molecule has 1 aromatic carbocycles. The Balaban J connectivity index is 2.90. The first-order chi connectivity index (χ1) is 8.99. The third kappa shape index (κ3) is 4.24. The van der Waals surface area contributed by atoms with Gasteiger partial charge in [0.25, 0.3) is 5.91 Å². The van der Waals surface area contributed by atoms with Gasteiger partial charge in [-0.2, -0.15) is 0 Å². The molecule has 0 heterocycles. The fourth-order valence-corrected chi connectivity index (χ4v) is 1.96. The van der Waals surface area contributed by atoms with Crippen LogP contribution < -0.4 is 10.1 Å². The molecule has 0 aliphatic carbocycles. The van der Waals surface area contributed by atoms with Crippen molar-refractivity contribution in [1.29, 1.82) is 0 Å². The van der Waals surface area contributed by atoms with E-state index in [9.17, 15) is 4.79 Å². The maximum atomic E-state index is 12.3. The summed E-state index contributed by atoms with van der Waals surface area (Å²) >= 11 is 0. The molecule has 1 rings (SSSR count). The summed E-state index contributed by atoms with van der Waals surface area (Å²) in [5, 5.41) is 12.0. The van der Waals surface area contributed by atoms with E-state index in [1.54, 1.807) is 13.2 Å². The van der Waals surface area contributed by atoms with E-state index in [4.69, 9.17) is 9.84 Å². The van der Waals surface area contributed by atoms with Crippen molar-refractivity contribution in [2.45, 2.75) is 33.2 Å². The molecule has 4 heteroatoms. The Morgan fingerprint density at radius 3 is 2.63 bits per heavy atom. The maximum absolute atomic E-state index is 12.3. The van der Waals surface area contributed by atoms with Gasteiger partial charge in [-0.05, 0) is 31.4 Å². The smallest absolute Gasteiger partial charge is 0.255 e. The zero-order chi connectivity index (χ0) is 14.4. The Bertz CT molecular complexity index is 429. The van der Waals surface area contributed by atoms with Gasteiger partial charge in [0.05, 0.1) is 12.7 Å². The van der Waals surface area contributed by atoms with E-state index in [1.807, 2.05) is 32.9 Å². The second-order valence-electron chi connectivity index (χ2n) is 5.04. The highest BCUT2D eigenvalue weighted by Gasteiger charge is 2.19. The van der Waals surface area contributed by atoms with Crippen LogP contribution in [0.1, 0.15) is 36.2 Å². The Morgan fingerprint density at radius 1 is 1.42 bits per heavy atom. The van der Waals surface area contributed by atoms with Crippen molar-refractivity contribution in [2.24, 2.45) is 5.92 Å². The van der Waals surface area contributed by atoms with E-state index >= 15 is 0 Å². The number of hydrogen-bond acceptors (Lipinski definition) is 3. The van der Waals surface area contributed by atoms with Gasteiger partial charge in [-0.3, -0.25) is 4.79 Å². The molecule has 1 unspecified atom stereocenters. The quantitative estimate of drug-likeness (QED) is 0.828. The van der Waals surface area contributed by atoms with Crippen LogP contribution in [0.25, 0.3) is 0 Å². The van der Waals surface area contributed by atoms with Crippen LogP contribution in [-0.2, 0) is 0 Å². The van der Waals surface area contributed by atoms with Crippen molar-refractivity contribution in [3.05, 3.63) is 29.3 Å². The molecule has 0 aliphatic rings. The zero-order valence-corrected chi connectivity index (χ0v) is 12.1. The number of nitrogens with one attached hydrogen (secondary N) is 1. The minimum absolute atomic E-state index is 0.0391. The van der Waals surface area contributed by atoms with E-state index in [0.717, 1.165) is 5.56 Å². The topological polar surface area (TPSA) is 58.6 Å². The summed E-state index contributed by atoms with van der Waals surface area (Å²) in [5.41, 5.74) is 1.54. The highest BCUT2D eigenvalue weighted by atomic mass is 16.5. The Hall–Kier alpha value is -1.55. The van der Waals surface area contributed by atoms with Gasteiger partial charge in [0.1, 0.15) is 5.75 Å². The summed E-state index contributed by atoms with van der Waals surface area (Å²) in [6.45, 7) is 6.04. The van der Waals surface area contributed by atoms with Gasteiger partial charge in [-0.15, -0.1) is 0 Å². The fourth-order valence-electron chi connectivity index (χ4n) is 1.96. The van der Waals surface area contributed by atoms with E-state index in [0.29, 0.717) is 17.7 Å². The second-order valence-corrected chi connectivity index (χ2v) is 5.04. The molecule has 2 N–H and O–H groups in total. The number of carbonyl (C=O) groups is 1. The number of ether oxygens (including phenoxy) is 1. The fraction of sp³-hybridized carbons (Fsp3) is 0.533. The van der Waals surface area contributed by atoms with Gasteiger partial charge in [-0.25, -0.2) is 0 Å². The van der Waals surface area contributed by atoms with Gasteiger partial charge in [0.2, 0.25) is 0 Å². The minimum Gasteiger partial charge on any atom is -0.496 e. The summed E-state index contributed by atoms with van der Waals surface area (Å²) in [4.78, 5) is 12.3. The van der Waals surface area contributed by atoms with E-state index in [2.05, 4.69) is 5.32 Å². The van der Waals surface area contributed by atoms with Crippen molar-refractivity contribution in [1.82, 2.24) is 5.32 Å². The molecule has 0 radical (unpaired) electrons. The van der Waals surface area contributed by atoms with Gasteiger partial charge < -0.3 is 15.2 Å². The number of rotatable bonds is 6. The molecule has 106 valence electrons. The molecule has 19 heavy (non-hydrogen) atoms. The zero-order valence-electron chi connectivity index (χ0n) is 12.1. The molecule has 0 bridgehead atoms. The average molecular weight is 265 g/mol. The number of aliphatic hydroxyl groups is 1. The minimum atomic E-state index is -0.160. The molecule has 0 aromatic heterocycles. The second kappa shape index (κ2) is 7.14. The molecule has 0 saturated heterocycles. The Labute approximate surface area is 114 Å². The summed E-state index contributed by atoms with van der Waals surface area (Å²) in [6.07, 6.45) is 0.553. The number of aryl methyl sites for hydroxylation is 1. The normalized spacial score (nSPS) is 12.3. The lowest BCUT2D eigenvalue weighted by atomic mass is 10.0. The monoisotopic (exact) mass is 265 g/mol. The van der Waals surface area contributed by atoms with Crippen molar-refractivity contribution < 1.29 is 14.6 Å². The third-order valence-electron chi connectivity index (χ3n) is 3.16. The first kappa shape index (κ1) is 15.5. The van der Waals surface area contributed by atoms with Crippen LogP contribution >= 0.6 is 0 Å². The lowest BCUT2D eigenvalue weighted by Gasteiger charge is -2.22. The Kier molecular flexibility index (Phi) is 5.83. The van der Waals surface area contributed by atoms with Crippen LogP contribution in [0.3, 0.4) is 0 Å². The van der Waals surface area contributed by atoms with Crippen molar-refractivity contribution >= 4 is 5.91 Å². The molecule has 1 amide bonds. The van der Waals surface area contributed by atoms with Crippen LogP contribution in [0.2, 0.25) is 0 Å². The van der Waals surface area contributed by atoms with E-state index < -0.39 is 0 Å². The van der Waals surface area contributed by atoms with Gasteiger partial charge in [-0.1, -0.05) is 25.5 Å². The SMILES string of the molecule is COc1ccc(C)cc1C(=O)NC(CCO)C(C)C. The van der Waals surface area contributed by atoms with Gasteiger partial charge in [0.15, 0.2) is 0 Å². The number of methoxy groups -OCH3 is 1. The van der Waals surface area contributed by atoms with Crippen LogP contribution in [0.5, 0.6) is 5.75 Å². The van der Waals surface area contributed by atoms with E-state index in [1.165, 1.54) is 0 Å². The molecule has 1 aromatic rings. The average Bonchev–Trinajstić information content (AvgIpc) is 2.37. The first-order valence-electron chi connectivity index (χ1n) is 6.56. The molecule has 0 fully saturated rings. The van der Waals surface area contributed by atoms with Gasteiger partial charge >= 0.3 is 0 Å². The standard InChI is InChI=1S/C15H23NO3/c1-10(2)13(7-8-17)16-15(18)12-9-11(3)5-6-14(12)19-4/h5-6,9-10,13,17H,7-8H2,1-4H3,(H,16,18). The largest absolute Gasteiger partial charge is 0.496 e. The summed E-state index contributed by atoms with van der Waals surface area (Å²) in [6, 6.07) is 5.47. The Morgan fingerprint density at radius 2 is 2.11 bits per heavy atom. The number of hydrogen-bond donors (Lipinski definition) is 2. The maximum Gasteiger partial charge on any atom is 0.255 e. The number of amides is 1. The van der Waals surface area contributed by atoms with Crippen LogP contribution in [0, 0.1) is 12.8 Å². The van der Waals surface area contributed by atoms with Crippen LogP contribution in [0.15, 0.2) is 18.2 Å². The molecular formula is C15H23NO3. The first-order valence-corrected chi connectivity index (χ1v) is 6.56. The highest BCUT2D eigenvalue weighted by Crippen LogP contribution is 2.20. The summed E-state index contributed by atoms with van der Waals surface area (Å²) in [5.74, 6) is 0.675. The highest BCUT2D eigenvalue weighted by molar-refractivity contribution is 5.97. The predicted molar refractivity (Wildman–Crippen MR) is 75.5 cm³/mol. The van der Waals surface area contributed by atoms with Crippen molar-refractivity contribution in [2.75, 3.05) is 13.7 Å². The van der Waals surface area contributed by atoms with Crippen molar-refractivity contribution in [3.8, 4) is 5.75 Å². The molecule has 0 spiro atoms. The lowest BCUT2D eigenvalue weighted by molar-refractivity contribution is 0.0913. The number of benzene rings is 1. The lowest BCUT2D eigenvalue weighted by Crippen LogP contribution is -2.39. The number of carbonyl (C=O) groups excluding carboxylic acids is 1. The molecule has 0 saturated carbocycles. The number of aliphatic hydroxyl groups excluding tert-OH is 1. The van der Waals surface area contributed by atoms with Crippen LogP contribution in [0.4, 0.5) is 0 Å². The van der Waals surface area contributed by atoms with Crippen LogP contribution in [-0.4, -0.2) is 30.8 Å². The predicted octanol–water partition coefficient (Wildman–Crippen LogP) is 2.14. The molecule has 4 nitrogen and oxygen atoms in total. The molecule has 1 atom stereocenters. The van der Waals surface area contributed by atoms with E-state index in [-0.39, 0.29) is 24.5 Å². The molecule has 0 aliphatic heterocycles. The van der Waals surface area contributed by atoms with Gasteiger partial charge in [0, 0.05) is 12.6 Å². The molecular weight excluding hydrogens is 242 g/mol. The summed E-state index contributed by atoms with van der Waals surface area (Å²) in [7, 11) is 1.55. The van der Waals surface area contributed by atoms with Crippen molar-refractivity contribution in [3.63, 3.8) is 0 Å².